The second kappa shape index (κ2) is 10.2. The van der Waals surface area contributed by atoms with Crippen LogP contribution in [0.15, 0.2) is 48.5 Å². The molecular weight excluding hydrogens is 336 g/mol. The second-order valence-corrected chi connectivity index (χ2v) is 6.13. The Morgan fingerprint density at radius 1 is 1.08 bits per heavy atom. The van der Waals surface area contributed by atoms with Gasteiger partial charge in [-0.15, -0.1) is 12.4 Å². The monoisotopic (exact) mass is 362 g/mol. The first kappa shape index (κ1) is 21.2. The van der Waals surface area contributed by atoms with E-state index in [1.54, 1.807) is 7.11 Å². The van der Waals surface area contributed by atoms with Crippen LogP contribution in [-0.4, -0.2) is 25.7 Å². The molecule has 0 aliphatic carbocycles. The topological polar surface area (TPSA) is 64.3 Å². The molecule has 0 saturated heterocycles. The molecule has 0 spiro atoms. The molecule has 0 radical (unpaired) electrons. The standard InChI is InChI=1S/C20H26N2O2.ClH/c1-14-6-4-8-16(10-14)20(17-9-5-7-15(2)11-17)22-19(23)12-18(13-21)24-3;/h4-11,18,20H,12-13,21H2,1-3H3,(H,22,23);1H. The Kier molecular flexibility index (Phi) is 8.62. The van der Waals surface area contributed by atoms with Crippen LogP contribution in [0.2, 0.25) is 0 Å². The molecule has 0 heterocycles. The first-order valence-corrected chi connectivity index (χ1v) is 8.19. The number of benzene rings is 2. The molecule has 5 heteroatoms. The first-order chi connectivity index (χ1) is 11.5. The third-order valence-electron chi connectivity index (χ3n) is 4.07. The number of methoxy groups -OCH3 is 1. The molecule has 0 bridgehead atoms. The van der Waals surface area contributed by atoms with Gasteiger partial charge in [0.15, 0.2) is 0 Å². The maximum absolute atomic E-state index is 12.5. The summed E-state index contributed by atoms with van der Waals surface area (Å²) in [6.45, 7) is 4.42. The van der Waals surface area contributed by atoms with Crippen LogP contribution in [0.5, 0.6) is 0 Å². The zero-order chi connectivity index (χ0) is 17.5. The van der Waals surface area contributed by atoms with Gasteiger partial charge in [-0.2, -0.15) is 0 Å². The highest BCUT2D eigenvalue weighted by molar-refractivity contribution is 5.85. The third kappa shape index (κ3) is 6.16. The largest absolute Gasteiger partial charge is 0.380 e. The Morgan fingerprint density at radius 3 is 2.00 bits per heavy atom. The highest BCUT2D eigenvalue weighted by atomic mass is 35.5. The van der Waals surface area contributed by atoms with Crippen molar-refractivity contribution in [1.82, 2.24) is 5.32 Å². The second-order valence-electron chi connectivity index (χ2n) is 6.13. The summed E-state index contributed by atoms with van der Waals surface area (Å²) in [5.74, 6) is -0.0692. The van der Waals surface area contributed by atoms with Crippen molar-refractivity contribution < 1.29 is 9.53 Å². The van der Waals surface area contributed by atoms with Crippen molar-refractivity contribution in [1.29, 1.82) is 0 Å². The summed E-state index contributed by atoms with van der Waals surface area (Å²) in [7, 11) is 1.57. The van der Waals surface area contributed by atoms with Crippen LogP contribution in [0.4, 0.5) is 0 Å². The normalized spacial score (nSPS) is 11.7. The molecule has 0 fully saturated rings. The number of ether oxygens (including phenoxy) is 1. The minimum absolute atomic E-state index is 0. The van der Waals surface area contributed by atoms with Gasteiger partial charge >= 0.3 is 0 Å². The third-order valence-corrected chi connectivity index (χ3v) is 4.07. The van der Waals surface area contributed by atoms with Crippen LogP contribution in [0.3, 0.4) is 0 Å². The number of hydrogen-bond acceptors (Lipinski definition) is 3. The zero-order valence-electron chi connectivity index (χ0n) is 15.0. The molecule has 0 aromatic heterocycles. The van der Waals surface area contributed by atoms with Gasteiger partial charge in [-0.3, -0.25) is 4.79 Å². The Labute approximate surface area is 156 Å². The van der Waals surface area contributed by atoms with Gasteiger partial charge in [-0.05, 0) is 25.0 Å². The Morgan fingerprint density at radius 2 is 1.60 bits per heavy atom. The summed E-state index contributed by atoms with van der Waals surface area (Å²) >= 11 is 0. The van der Waals surface area contributed by atoms with Crippen molar-refractivity contribution in [2.75, 3.05) is 13.7 Å². The van der Waals surface area contributed by atoms with Gasteiger partial charge in [-0.25, -0.2) is 0 Å². The van der Waals surface area contributed by atoms with E-state index in [-0.39, 0.29) is 36.9 Å². The summed E-state index contributed by atoms with van der Waals surface area (Å²) in [5.41, 5.74) is 10.1. The lowest BCUT2D eigenvalue weighted by atomic mass is 9.96. The number of rotatable bonds is 7. The Hall–Kier alpha value is -1.88. The molecule has 0 aliphatic rings. The highest BCUT2D eigenvalue weighted by Gasteiger charge is 2.19. The number of aryl methyl sites for hydroxylation is 2. The maximum Gasteiger partial charge on any atom is 0.223 e. The maximum atomic E-state index is 12.5. The number of carbonyl (C=O) groups excluding carboxylic acids is 1. The molecule has 2 rings (SSSR count). The number of halogens is 1. The fourth-order valence-corrected chi connectivity index (χ4v) is 2.75. The lowest BCUT2D eigenvalue weighted by Gasteiger charge is -2.22. The summed E-state index contributed by atoms with van der Waals surface area (Å²) in [6, 6.07) is 16.2. The van der Waals surface area contributed by atoms with E-state index >= 15 is 0 Å². The molecule has 1 atom stereocenters. The van der Waals surface area contributed by atoms with E-state index in [0.717, 1.165) is 22.3 Å². The summed E-state index contributed by atoms with van der Waals surface area (Å²) in [5, 5.41) is 3.13. The lowest BCUT2D eigenvalue weighted by molar-refractivity contribution is -0.123. The van der Waals surface area contributed by atoms with Gasteiger partial charge in [-0.1, -0.05) is 59.7 Å². The SMILES string of the molecule is COC(CN)CC(=O)NC(c1cccc(C)c1)c1cccc(C)c1.Cl. The van der Waals surface area contributed by atoms with Gasteiger partial charge in [0.25, 0.3) is 0 Å². The Balaban J connectivity index is 0.00000312. The van der Waals surface area contributed by atoms with Gasteiger partial charge in [0.05, 0.1) is 18.6 Å². The zero-order valence-corrected chi connectivity index (χ0v) is 15.8. The highest BCUT2D eigenvalue weighted by Crippen LogP contribution is 2.24. The molecule has 4 nitrogen and oxygen atoms in total. The molecule has 25 heavy (non-hydrogen) atoms. The molecule has 0 saturated carbocycles. The van der Waals surface area contributed by atoms with Crippen LogP contribution in [0, 0.1) is 13.8 Å². The van der Waals surface area contributed by atoms with Crippen LogP contribution in [0.1, 0.15) is 34.7 Å². The minimum atomic E-state index is -0.263. The van der Waals surface area contributed by atoms with E-state index in [1.165, 1.54) is 0 Å². The average molecular weight is 363 g/mol. The van der Waals surface area contributed by atoms with Crippen molar-refractivity contribution in [3.05, 3.63) is 70.8 Å². The van der Waals surface area contributed by atoms with E-state index in [2.05, 4.69) is 17.4 Å². The molecule has 1 amide bonds. The molecular formula is C20H27ClN2O2. The smallest absolute Gasteiger partial charge is 0.223 e. The summed E-state index contributed by atoms with van der Waals surface area (Å²) in [4.78, 5) is 12.5. The van der Waals surface area contributed by atoms with Crippen molar-refractivity contribution >= 4 is 18.3 Å². The summed E-state index contributed by atoms with van der Waals surface area (Å²) < 4.78 is 5.22. The van der Waals surface area contributed by atoms with Crippen LogP contribution >= 0.6 is 12.4 Å². The van der Waals surface area contributed by atoms with Crippen molar-refractivity contribution in [2.24, 2.45) is 5.73 Å². The first-order valence-electron chi connectivity index (χ1n) is 8.19. The van der Waals surface area contributed by atoms with Gasteiger partial charge in [0.2, 0.25) is 5.91 Å². The number of carbonyl (C=O) groups is 1. The fraction of sp³-hybridized carbons (Fsp3) is 0.350. The van der Waals surface area contributed by atoms with E-state index in [1.807, 2.05) is 50.2 Å². The molecule has 2 aromatic carbocycles. The van der Waals surface area contributed by atoms with E-state index < -0.39 is 0 Å². The number of hydrogen-bond donors (Lipinski definition) is 2. The molecule has 3 N–H and O–H groups in total. The Bertz CT molecular complexity index is 641. The number of amides is 1. The fourth-order valence-electron chi connectivity index (χ4n) is 2.75. The van der Waals surface area contributed by atoms with Crippen molar-refractivity contribution in [3.63, 3.8) is 0 Å². The van der Waals surface area contributed by atoms with Crippen molar-refractivity contribution in [3.8, 4) is 0 Å². The van der Waals surface area contributed by atoms with E-state index in [0.29, 0.717) is 6.54 Å². The predicted molar refractivity (Wildman–Crippen MR) is 104 cm³/mol. The van der Waals surface area contributed by atoms with Crippen LogP contribution < -0.4 is 11.1 Å². The van der Waals surface area contributed by atoms with Crippen molar-refractivity contribution in [2.45, 2.75) is 32.4 Å². The quantitative estimate of drug-likeness (QED) is 0.794. The molecule has 0 aliphatic heterocycles. The van der Waals surface area contributed by atoms with Gasteiger partial charge in [0.1, 0.15) is 0 Å². The summed E-state index contributed by atoms with van der Waals surface area (Å²) in [6.07, 6.45) is -0.0121. The molecule has 1 unspecified atom stereocenters. The molecule has 2 aromatic rings. The lowest BCUT2D eigenvalue weighted by Crippen LogP contribution is -2.34. The van der Waals surface area contributed by atoms with Crippen LogP contribution in [-0.2, 0) is 9.53 Å². The minimum Gasteiger partial charge on any atom is -0.380 e. The van der Waals surface area contributed by atoms with Crippen LogP contribution in [0.25, 0.3) is 0 Å². The van der Waals surface area contributed by atoms with Gasteiger partial charge in [0, 0.05) is 13.7 Å². The van der Waals surface area contributed by atoms with Gasteiger partial charge < -0.3 is 15.8 Å². The predicted octanol–water partition coefficient (Wildman–Crippen LogP) is 3.29. The van der Waals surface area contributed by atoms with E-state index in [9.17, 15) is 4.79 Å². The number of nitrogens with two attached hydrogens (primary N) is 1. The average Bonchev–Trinajstić information content (AvgIpc) is 2.57. The number of nitrogens with one attached hydrogen (secondary N) is 1. The van der Waals surface area contributed by atoms with E-state index in [4.69, 9.17) is 10.5 Å². The molecule has 136 valence electrons.